The lowest BCUT2D eigenvalue weighted by Gasteiger charge is -2.26. The molecule has 6 nitrogen and oxygen atoms in total. The molecule has 1 amide bonds. The Morgan fingerprint density at radius 3 is 2.50 bits per heavy atom. The number of non-ortho nitro benzene ring substituents is 1. The molecule has 1 aromatic carbocycles. The molecule has 1 fully saturated rings. The van der Waals surface area contributed by atoms with E-state index in [2.05, 4.69) is 5.43 Å². The van der Waals surface area contributed by atoms with Gasteiger partial charge in [0.2, 0.25) is 0 Å². The Labute approximate surface area is 125 Å². The maximum Gasteiger partial charge on any atom is 0.271 e. The van der Waals surface area contributed by atoms with E-state index in [1.54, 1.807) is 5.01 Å². The minimum absolute atomic E-state index is 0.00957. The van der Waals surface area contributed by atoms with Gasteiger partial charge < -0.3 is 0 Å². The highest BCUT2D eigenvalue weighted by Gasteiger charge is 2.21. The zero-order chi connectivity index (χ0) is 14.7. The van der Waals surface area contributed by atoms with Crippen LogP contribution in [0.25, 0.3) is 0 Å². The largest absolute Gasteiger partial charge is 0.285 e. The number of hydrogen-bond acceptors (Lipinski definition) is 4. The summed E-state index contributed by atoms with van der Waals surface area (Å²) in [6.45, 7) is 1.51. The number of nitro benzene ring substituents is 1. The molecule has 0 radical (unpaired) electrons. The van der Waals surface area contributed by atoms with Crippen LogP contribution in [0.1, 0.15) is 29.6 Å². The first-order valence-electron chi connectivity index (χ1n) is 6.18. The average molecular weight is 318 g/mol. The highest BCUT2D eigenvalue weighted by Crippen LogP contribution is 2.30. The van der Waals surface area contributed by atoms with Crippen LogP contribution < -0.4 is 5.43 Å². The molecular weight excluding hydrogens is 305 g/mol. The van der Waals surface area contributed by atoms with E-state index in [1.165, 1.54) is 0 Å². The van der Waals surface area contributed by atoms with Gasteiger partial charge in [-0.05, 0) is 12.8 Å². The van der Waals surface area contributed by atoms with Crippen LogP contribution in [0.2, 0.25) is 10.0 Å². The Morgan fingerprint density at radius 1 is 1.25 bits per heavy atom. The predicted molar refractivity (Wildman–Crippen MR) is 76.0 cm³/mol. The molecule has 1 heterocycles. The first-order chi connectivity index (χ1) is 9.49. The molecule has 1 aliphatic rings. The van der Waals surface area contributed by atoms with Crippen molar-refractivity contribution in [2.45, 2.75) is 19.3 Å². The van der Waals surface area contributed by atoms with Crippen LogP contribution in [0.15, 0.2) is 12.1 Å². The second-order valence-electron chi connectivity index (χ2n) is 4.53. The van der Waals surface area contributed by atoms with Crippen LogP contribution in [-0.4, -0.2) is 28.9 Å². The van der Waals surface area contributed by atoms with Crippen molar-refractivity contribution in [1.29, 1.82) is 0 Å². The van der Waals surface area contributed by atoms with Crippen molar-refractivity contribution in [2.75, 3.05) is 13.1 Å². The number of carbonyl (C=O) groups excluding carboxylic acids is 1. The fourth-order valence-corrected chi connectivity index (χ4v) is 2.46. The molecule has 0 aromatic heterocycles. The fraction of sp³-hybridized carbons (Fsp3) is 0.417. The summed E-state index contributed by atoms with van der Waals surface area (Å²) >= 11 is 11.8. The Balaban J connectivity index is 2.21. The number of nitro groups is 1. The van der Waals surface area contributed by atoms with Gasteiger partial charge in [0.15, 0.2) is 0 Å². The molecule has 1 aliphatic heterocycles. The molecule has 0 unspecified atom stereocenters. The Bertz CT molecular complexity index is 545. The number of amides is 1. The normalized spacial score (nSPS) is 15.9. The first kappa shape index (κ1) is 15.0. The molecule has 1 aromatic rings. The van der Waals surface area contributed by atoms with Crippen LogP contribution in [0.5, 0.6) is 0 Å². The zero-order valence-corrected chi connectivity index (χ0v) is 12.1. The summed E-state index contributed by atoms with van der Waals surface area (Å²) in [4.78, 5) is 22.3. The topological polar surface area (TPSA) is 75.5 Å². The van der Waals surface area contributed by atoms with Crippen molar-refractivity contribution in [1.82, 2.24) is 10.4 Å². The number of rotatable bonds is 3. The number of nitrogens with zero attached hydrogens (tertiary/aromatic N) is 2. The van der Waals surface area contributed by atoms with Gasteiger partial charge in [0.25, 0.3) is 11.6 Å². The highest BCUT2D eigenvalue weighted by atomic mass is 35.5. The van der Waals surface area contributed by atoms with E-state index in [4.69, 9.17) is 23.2 Å². The summed E-state index contributed by atoms with van der Waals surface area (Å²) in [7, 11) is 0. The molecular formula is C12H13Cl2N3O3. The van der Waals surface area contributed by atoms with Gasteiger partial charge in [-0.25, -0.2) is 5.01 Å². The molecule has 0 saturated carbocycles. The smallest absolute Gasteiger partial charge is 0.271 e. The van der Waals surface area contributed by atoms with Crippen LogP contribution >= 0.6 is 23.2 Å². The number of carbonyl (C=O) groups is 1. The standard InChI is InChI=1S/C12H13Cl2N3O3/c13-10-7-8(17(19)20)6-9(11(10)14)12(18)15-16-4-2-1-3-5-16/h6-7H,1-5H2,(H,15,18). The predicted octanol–water partition coefficient (Wildman–Crippen LogP) is 3.03. The molecule has 20 heavy (non-hydrogen) atoms. The van der Waals surface area contributed by atoms with Gasteiger partial charge in [0.05, 0.1) is 20.5 Å². The van der Waals surface area contributed by atoms with Gasteiger partial charge in [-0.2, -0.15) is 0 Å². The zero-order valence-electron chi connectivity index (χ0n) is 10.6. The molecule has 0 aliphatic carbocycles. The first-order valence-corrected chi connectivity index (χ1v) is 6.94. The third-order valence-corrected chi connectivity index (χ3v) is 3.89. The number of halogens is 2. The van der Waals surface area contributed by atoms with Crippen molar-refractivity contribution in [3.63, 3.8) is 0 Å². The van der Waals surface area contributed by atoms with Crippen LogP contribution in [0, 0.1) is 10.1 Å². The molecule has 108 valence electrons. The maximum absolute atomic E-state index is 12.1. The quantitative estimate of drug-likeness (QED) is 0.686. The third-order valence-electron chi connectivity index (χ3n) is 3.08. The second-order valence-corrected chi connectivity index (χ2v) is 5.32. The minimum Gasteiger partial charge on any atom is -0.285 e. The average Bonchev–Trinajstić information content (AvgIpc) is 2.42. The van der Waals surface area contributed by atoms with Crippen molar-refractivity contribution in [2.24, 2.45) is 0 Å². The SMILES string of the molecule is O=C(NN1CCCCC1)c1cc([N+](=O)[O-])cc(Cl)c1Cl. The van der Waals surface area contributed by atoms with Gasteiger partial charge in [-0.1, -0.05) is 29.6 Å². The van der Waals surface area contributed by atoms with E-state index in [0.29, 0.717) is 0 Å². The summed E-state index contributed by atoms with van der Waals surface area (Å²) in [6, 6.07) is 2.26. The van der Waals surface area contributed by atoms with Crippen LogP contribution in [0.3, 0.4) is 0 Å². The molecule has 0 atom stereocenters. The molecule has 0 bridgehead atoms. The highest BCUT2D eigenvalue weighted by molar-refractivity contribution is 6.44. The van der Waals surface area contributed by atoms with Gasteiger partial charge in [-0.15, -0.1) is 0 Å². The third kappa shape index (κ3) is 3.39. The van der Waals surface area contributed by atoms with E-state index in [1.807, 2.05) is 0 Å². The van der Waals surface area contributed by atoms with Gasteiger partial charge in [0, 0.05) is 25.2 Å². The van der Waals surface area contributed by atoms with Crippen molar-refractivity contribution < 1.29 is 9.72 Å². The van der Waals surface area contributed by atoms with E-state index in [-0.39, 0.29) is 21.3 Å². The Morgan fingerprint density at radius 2 is 1.90 bits per heavy atom. The van der Waals surface area contributed by atoms with Crippen LogP contribution in [-0.2, 0) is 0 Å². The number of hydrogen-bond donors (Lipinski definition) is 1. The molecule has 2 rings (SSSR count). The fourth-order valence-electron chi connectivity index (χ4n) is 2.05. The monoisotopic (exact) mass is 317 g/mol. The number of hydrazine groups is 1. The Hall–Kier alpha value is -1.37. The van der Waals surface area contributed by atoms with E-state index < -0.39 is 10.8 Å². The molecule has 1 saturated heterocycles. The molecule has 1 N–H and O–H groups in total. The number of nitrogens with one attached hydrogen (secondary N) is 1. The molecule has 8 heteroatoms. The van der Waals surface area contributed by atoms with E-state index in [0.717, 1.165) is 44.5 Å². The summed E-state index contributed by atoms with van der Waals surface area (Å²) in [5, 5.41) is 12.6. The summed E-state index contributed by atoms with van der Waals surface area (Å²) < 4.78 is 0. The summed E-state index contributed by atoms with van der Waals surface area (Å²) in [5.41, 5.74) is 2.45. The van der Waals surface area contributed by atoms with Crippen molar-refractivity contribution >= 4 is 34.8 Å². The van der Waals surface area contributed by atoms with Crippen LogP contribution in [0.4, 0.5) is 5.69 Å². The van der Waals surface area contributed by atoms with Gasteiger partial charge in [-0.3, -0.25) is 20.3 Å². The summed E-state index contributed by atoms with van der Waals surface area (Å²) in [6.07, 6.45) is 3.14. The minimum atomic E-state index is -0.611. The lowest BCUT2D eigenvalue weighted by Crippen LogP contribution is -2.45. The lowest BCUT2D eigenvalue weighted by atomic mass is 10.1. The number of piperidine rings is 1. The van der Waals surface area contributed by atoms with Gasteiger partial charge >= 0.3 is 0 Å². The summed E-state index contributed by atoms with van der Waals surface area (Å²) in [5.74, 6) is -0.484. The number of benzene rings is 1. The van der Waals surface area contributed by atoms with E-state index >= 15 is 0 Å². The lowest BCUT2D eigenvalue weighted by molar-refractivity contribution is -0.384. The molecule has 0 spiro atoms. The second kappa shape index (κ2) is 6.39. The van der Waals surface area contributed by atoms with Crippen molar-refractivity contribution in [3.8, 4) is 0 Å². The Kier molecular flexibility index (Phi) is 4.80. The van der Waals surface area contributed by atoms with Crippen molar-refractivity contribution in [3.05, 3.63) is 37.9 Å². The maximum atomic E-state index is 12.1. The van der Waals surface area contributed by atoms with Gasteiger partial charge in [0.1, 0.15) is 0 Å². The van der Waals surface area contributed by atoms with E-state index in [9.17, 15) is 14.9 Å².